The van der Waals surface area contributed by atoms with Gasteiger partial charge in [0.1, 0.15) is 0 Å². The maximum absolute atomic E-state index is 10.9. The molecule has 0 atom stereocenters. The Morgan fingerprint density at radius 2 is 1.87 bits per heavy atom. The van der Waals surface area contributed by atoms with Crippen molar-refractivity contribution in [1.82, 2.24) is 10.2 Å². The van der Waals surface area contributed by atoms with E-state index in [0.29, 0.717) is 6.54 Å². The van der Waals surface area contributed by atoms with Gasteiger partial charge in [0.25, 0.3) is 0 Å². The van der Waals surface area contributed by atoms with E-state index in [1.807, 2.05) is 14.1 Å². The van der Waals surface area contributed by atoms with E-state index in [0.717, 1.165) is 25.7 Å². The summed E-state index contributed by atoms with van der Waals surface area (Å²) in [6.07, 6.45) is 4.31. The van der Waals surface area contributed by atoms with Gasteiger partial charge in [0.15, 0.2) is 0 Å². The topological polar surface area (TPSA) is 69.6 Å². The van der Waals surface area contributed by atoms with Crippen molar-refractivity contribution in [2.45, 2.75) is 31.2 Å². The van der Waals surface area contributed by atoms with Crippen LogP contribution < -0.4 is 5.32 Å². The van der Waals surface area contributed by atoms with E-state index in [2.05, 4.69) is 10.2 Å². The van der Waals surface area contributed by atoms with Crippen LogP contribution in [0, 0.1) is 0 Å². The summed E-state index contributed by atoms with van der Waals surface area (Å²) in [4.78, 5) is 23.4. The first-order chi connectivity index (χ1) is 6.98. The molecular formula is C10H18N2O3. The van der Waals surface area contributed by atoms with Crippen LogP contribution in [-0.4, -0.2) is 48.1 Å². The number of carboxylic acid groups (broad SMARTS) is 1. The molecule has 15 heavy (non-hydrogen) atoms. The third kappa shape index (κ3) is 2.68. The summed E-state index contributed by atoms with van der Waals surface area (Å²) >= 11 is 0. The number of nitrogens with one attached hydrogen (secondary N) is 1. The Hall–Kier alpha value is -1.10. The van der Waals surface area contributed by atoms with E-state index >= 15 is 0 Å². The summed E-state index contributed by atoms with van der Waals surface area (Å²) in [5, 5.41) is 10.9. The molecule has 5 nitrogen and oxygen atoms in total. The van der Waals surface area contributed by atoms with Gasteiger partial charge in [0, 0.05) is 12.1 Å². The first kappa shape index (κ1) is 12.0. The average Bonchev–Trinajstić information content (AvgIpc) is 2.63. The summed E-state index contributed by atoms with van der Waals surface area (Å²) in [5.74, 6) is -2.33. The zero-order valence-corrected chi connectivity index (χ0v) is 9.25. The second-order valence-electron chi connectivity index (χ2n) is 4.31. The molecule has 0 aromatic carbocycles. The maximum Gasteiger partial charge on any atom is 0.394 e. The lowest BCUT2D eigenvalue weighted by Gasteiger charge is -2.36. The highest BCUT2D eigenvalue weighted by molar-refractivity contribution is 6.31. The smallest absolute Gasteiger partial charge is 0.394 e. The SMILES string of the molecule is CN(C)C1(CNC(=O)C(=O)O)CCCC1. The van der Waals surface area contributed by atoms with Gasteiger partial charge in [0.05, 0.1) is 0 Å². The molecule has 2 N–H and O–H groups in total. The minimum Gasteiger partial charge on any atom is -0.474 e. The lowest BCUT2D eigenvalue weighted by Crippen LogP contribution is -2.51. The van der Waals surface area contributed by atoms with Gasteiger partial charge in [-0.25, -0.2) is 4.79 Å². The number of aliphatic carboxylic acids is 1. The van der Waals surface area contributed by atoms with Crippen LogP contribution in [0.15, 0.2) is 0 Å². The summed E-state index contributed by atoms with van der Waals surface area (Å²) in [6.45, 7) is 0.422. The Morgan fingerprint density at radius 1 is 1.33 bits per heavy atom. The summed E-state index contributed by atoms with van der Waals surface area (Å²) in [5.41, 5.74) is -0.0505. The Labute approximate surface area is 89.4 Å². The molecule has 1 amide bonds. The van der Waals surface area contributed by atoms with Gasteiger partial charge in [-0.05, 0) is 26.9 Å². The van der Waals surface area contributed by atoms with Crippen LogP contribution >= 0.6 is 0 Å². The highest BCUT2D eigenvalue weighted by Gasteiger charge is 2.36. The number of carbonyl (C=O) groups excluding carboxylic acids is 1. The highest BCUT2D eigenvalue weighted by Crippen LogP contribution is 2.32. The van der Waals surface area contributed by atoms with E-state index in [1.165, 1.54) is 0 Å². The van der Waals surface area contributed by atoms with Crippen molar-refractivity contribution >= 4 is 11.9 Å². The van der Waals surface area contributed by atoms with E-state index in [1.54, 1.807) is 0 Å². The predicted octanol–water partition coefficient (Wildman–Crippen LogP) is 0.0616. The Balaban J connectivity index is 2.53. The fourth-order valence-electron chi connectivity index (χ4n) is 2.14. The number of nitrogens with zero attached hydrogens (tertiary/aromatic N) is 1. The van der Waals surface area contributed by atoms with Gasteiger partial charge in [0.2, 0.25) is 0 Å². The van der Waals surface area contributed by atoms with Crippen molar-refractivity contribution < 1.29 is 14.7 Å². The van der Waals surface area contributed by atoms with Gasteiger partial charge >= 0.3 is 11.9 Å². The molecule has 5 heteroatoms. The number of rotatable bonds is 3. The van der Waals surface area contributed by atoms with Gasteiger partial charge in [-0.15, -0.1) is 0 Å². The fraction of sp³-hybridized carbons (Fsp3) is 0.800. The minimum atomic E-state index is -1.41. The summed E-state index contributed by atoms with van der Waals surface area (Å²) in [7, 11) is 3.94. The average molecular weight is 214 g/mol. The molecule has 0 aromatic heterocycles. The number of carbonyl (C=O) groups is 2. The Kier molecular flexibility index (Phi) is 3.68. The van der Waals surface area contributed by atoms with Gasteiger partial charge in [-0.3, -0.25) is 4.79 Å². The fourth-order valence-corrected chi connectivity index (χ4v) is 2.14. The first-order valence-electron chi connectivity index (χ1n) is 5.16. The molecule has 1 aliphatic carbocycles. The molecule has 1 fully saturated rings. The van der Waals surface area contributed by atoms with Crippen molar-refractivity contribution in [2.75, 3.05) is 20.6 Å². The maximum atomic E-state index is 10.9. The molecule has 0 spiro atoms. The van der Waals surface area contributed by atoms with Crippen LogP contribution in [0.2, 0.25) is 0 Å². The third-order valence-electron chi connectivity index (χ3n) is 3.26. The number of amides is 1. The van der Waals surface area contributed by atoms with E-state index in [4.69, 9.17) is 5.11 Å². The molecule has 0 bridgehead atoms. The molecule has 1 rings (SSSR count). The lowest BCUT2D eigenvalue weighted by atomic mass is 9.96. The standard InChI is InChI=1S/C10H18N2O3/c1-12(2)10(5-3-4-6-10)7-11-8(13)9(14)15/h3-7H2,1-2H3,(H,11,13)(H,14,15). The number of carboxylic acids is 1. The zero-order chi connectivity index (χ0) is 11.5. The van der Waals surface area contributed by atoms with Crippen molar-refractivity contribution in [2.24, 2.45) is 0 Å². The number of hydrogen-bond acceptors (Lipinski definition) is 3. The van der Waals surface area contributed by atoms with Crippen molar-refractivity contribution in [3.8, 4) is 0 Å². The molecule has 1 aliphatic rings. The molecule has 1 saturated carbocycles. The molecule has 0 aromatic rings. The van der Waals surface area contributed by atoms with Crippen LogP contribution in [0.25, 0.3) is 0 Å². The van der Waals surface area contributed by atoms with Gasteiger partial charge < -0.3 is 15.3 Å². The summed E-state index contributed by atoms with van der Waals surface area (Å²) in [6, 6.07) is 0. The highest BCUT2D eigenvalue weighted by atomic mass is 16.4. The molecular weight excluding hydrogens is 196 g/mol. The first-order valence-corrected chi connectivity index (χ1v) is 5.16. The number of likely N-dealkylation sites (N-methyl/N-ethyl adjacent to an activating group) is 1. The monoisotopic (exact) mass is 214 g/mol. The quantitative estimate of drug-likeness (QED) is 0.652. The molecule has 0 heterocycles. The van der Waals surface area contributed by atoms with Crippen molar-refractivity contribution in [3.05, 3.63) is 0 Å². The van der Waals surface area contributed by atoms with E-state index < -0.39 is 11.9 Å². The second-order valence-corrected chi connectivity index (χ2v) is 4.31. The predicted molar refractivity (Wildman–Crippen MR) is 55.5 cm³/mol. The van der Waals surface area contributed by atoms with Crippen molar-refractivity contribution in [1.29, 1.82) is 0 Å². The molecule has 0 unspecified atom stereocenters. The van der Waals surface area contributed by atoms with Crippen LogP contribution in [0.4, 0.5) is 0 Å². The van der Waals surface area contributed by atoms with Gasteiger partial charge in [-0.1, -0.05) is 12.8 Å². The lowest BCUT2D eigenvalue weighted by molar-refractivity contribution is -0.150. The molecule has 0 aliphatic heterocycles. The zero-order valence-electron chi connectivity index (χ0n) is 9.25. The van der Waals surface area contributed by atoms with E-state index in [9.17, 15) is 9.59 Å². The minimum absolute atomic E-state index is 0.0505. The Bertz CT molecular complexity index is 257. The van der Waals surface area contributed by atoms with Crippen LogP contribution in [0.3, 0.4) is 0 Å². The van der Waals surface area contributed by atoms with Crippen LogP contribution in [0.5, 0.6) is 0 Å². The largest absolute Gasteiger partial charge is 0.474 e. The third-order valence-corrected chi connectivity index (χ3v) is 3.26. The molecule has 86 valence electrons. The second kappa shape index (κ2) is 4.61. The normalized spacial score (nSPS) is 19.1. The summed E-state index contributed by atoms with van der Waals surface area (Å²) < 4.78 is 0. The molecule has 0 saturated heterocycles. The van der Waals surface area contributed by atoms with Crippen LogP contribution in [-0.2, 0) is 9.59 Å². The van der Waals surface area contributed by atoms with Crippen molar-refractivity contribution in [3.63, 3.8) is 0 Å². The van der Waals surface area contributed by atoms with Crippen LogP contribution in [0.1, 0.15) is 25.7 Å². The Morgan fingerprint density at radius 3 is 2.27 bits per heavy atom. The van der Waals surface area contributed by atoms with E-state index in [-0.39, 0.29) is 5.54 Å². The van der Waals surface area contributed by atoms with Gasteiger partial charge in [-0.2, -0.15) is 0 Å². The number of hydrogen-bond donors (Lipinski definition) is 2. The molecule has 0 radical (unpaired) electrons.